The highest BCUT2D eigenvalue weighted by molar-refractivity contribution is 7.22. The molecule has 1 aliphatic heterocycles. The summed E-state index contributed by atoms with van der Waals surface area (Å²) in [6.07, 6.45) is 4.19. The molecule has 8 heteroatoms. The monoisotopic (exact) mass is 451 g/mol. The average Bonchev–Trinajstić information content (AvgIpc) is 3.57. The van der Waals surface area contributed by atoms with Gasteiger partial charge in [0.05, 0.1) is 29.1 Å². The van der Waals surface area contributed by atoms with Crippen LogP contribution in [0.4, 0.5) is 9.52 Å². The van der Waals surface area contributed by atoms with Gasteiger partial charge in [-0.25, -0.2) is 14.4 Å². The second kappa shape index (κ2) is 9.18. The Morgan fingerprint density at radius 3 is 2.81 bits per heavy atom. The molecule has 0 bridgehead atoms. The number of benzene rings is 2. The van der Waals surface area contributed by atoms with Crippen LogP contribution in [-0.2, 0) is 16.0 Å². The van der Waals surface area contributed by atoms with E-state index in [1.807, 2.05) is 24.3 Å². The predicted octanol–water partition coefficient (Wildman–Crippen LogP) is 5.24. The maximum Gasteiger partial charge on any atom is 0.229 e. The zero-order chi connectivity index (χ0) is 21.9. The molecule has 6 nitrogen and oxygen atoms in total. The molecule has 1 amide bonds. The fourth-order valence-corrected chi connectivity index (χ4v) is 4.77. The van der Waals surface area contributed by atoms with Crippen molar-refractivity contribution < 1.29 is 18.3 Å². The lowest BCUT2D eigenvalue weighted by Crippen LogP contribution is -2.37. The number of carbonyl (C=O) groups is 1. The van der Waals surface area contributed by atoms with E-state index < -0.39 is 0 Å². The number of thiazole rings is 1. The minimum absolute atomic E-state index is 0.0257. The molecule has 0 radical (unpaired) electrons. The normalized spacial score (nSPS) is 16.0. The quantitative estimate of drug-likeness (QED) is 0.385. The zero-order valence-corrected chi connectivity index (χ0v) is 18.2. The van der Waals surface area contributed by atoms with E-state index in [4.69, 9.17) is 9.15 Å². The molecule has 1 saturated heterocycles. The molecule has 1 aliphatic rings. The van der Waals surface area contributed by atoms with Crippen molar-refractivity contribution >= 4 is 32.6 Å². The van der Waals surface area contributed by atoms with Gasteiger partial charge in [-0.3, -0.25) is 9.69 Å². The molecule has 32 heavy (non-hydrogen) atoms. The number of hydrogen-bond donors (Lipinski definition) is 0. The SMILES string of the molecule is O=C(CCc1ncc(-c2ccc(F)cc2)o1)N(CC1CCCO1)c1nc2ccccc2s1. The van der Waals surface area contributed by atoms with E-state index in [1.165, 1.54) is 23.5 Å². The smallest absolute Gasteiger partial charge is 0.229 e. The second-order valence-electron chi connectivity index (χ2n) is 7.73. The van der Waals surface area contributed by atoms with Crippen LogP contribution in [0, 0.1) is 5.82 Å². The number of carbonyl (C=O) groups excluding carboxylic acids is 1. The number of rotatable bonds is 7. The van der Waals surface area contributed by atoms with Crippen LogP contribution < -0.4 is 4.90 Å². The third kappa shape index (κ3) is 4.56. The van der Waals surface area contributed by atoms with Crippen LogP contribution in [0.1, 0.15) is 25.2 Å². The fraction of sp³-hybridized carbons (Fsp3) is 0.292. The molecule has 1 atom stereocenters. The molecular weight excluding hydrogens is 429 g/mol. The summed E-state index contributed by atoms with van der Waals surface area (Å²) >= 11 is 1.51. The van der Waals surface area contributed by atoms with Gasteiger partial charge in [-0.15, -0.1) is 0 Å². The molecule has 1 fully saturated rings. The number of aryl methyl sites for hydroxylation is 1. The van der Waals surface area contributed by atoms with Gasteiger partial charge in [0.25, 0.3) is 0 Å². The number of hydrogen-bond acceptors (Lipinski definition) is 6. The van der Waals surface area contributed by atoms with Crippen LogP contribution in [-0.4, -0.2) is 35.1 Å². The van der Waals surface area contributed by atoms with Crippen LogP contribution in [0.15, 0.2) is 59.1 Å². The summed E-state index contributed by atoms with van der Waals surface area (Å²) in [5, 5.41) is 0.686. The minimum Gasteiger partial charge on any atom is -0.441 e. The first kappa shape index (κ1) is 20.8. The Morgan fingerprint density at radius 2 is 2.03 bits per heavy atom. The molecule has 3 heterocycles. The molecule has 1 unspecified atom stereocenters. The summed E-state index contributed by atoms with van der Waals surface area (Å²) in [4.78, 5) is 23.9. The Balaban J connectivity index is 1.30. The molecule has 2 aromatic heterocycles. The van der Waals surface area contributed by atoms with Gasteiger partial charge < -0.3 is 9.15 Å². The van der Waals surface area contributed by atoms with Crippen LogP contribution in [0.25, 0.3) is 21.5 Å². The van der Waals surface area contributed by atoms with Crippen molar-refractivity contribution in [1.29, 1.82) is 0 Å². The van der Waals surface area contributed by atoms with Gasteiger partial charge in [-0.1, -0.05) is 23.5 Å². The lowest BCUT2D eigenvalue weighted by atomic mass is 10.2. The summed E-state index contributed by atoms with van der Waals surface area (Å²) in [7, 11) is 0. The van der Waals surface area contributed by atoms with Gasteiger partial charge in [0.15, 0.2) is 16.8 Å². The Morgan fingerprint density at radius 1 is 1.19 bits per heavy atom. The van der Waals surface area contributed by atoms with Gasteiger partial charge in [-0.05, 0) is 49.2 Å². The van der Waals surface area contributed by atoms with Gasteiger partial charge in [-0.2, -0.15) is 0 Å². The molecule has 0 N–H and O–H groups in total. The Labute approximate surface area is 188 Å². The third-order valence-electron chi connectivity index (χ3n) is 5.46. The molecule has 0 aliphatic carbocycles. The molecular formula is C24H22FN3O3S. The number of ether oxygens (including phenoxy) is 1. The highest BCUT2D eigenvalue weighted by atomic mass is 32.1. The maximum absolute atomic E-state index is 13.2. The van der Waals surface area contributed by atoms with Crippen LogP contribution in [0.5, 0.6) is 0 Å². The summed E-state index contributed by atoms with van der Waals surface area (Å²) in [5.74, 6) is 0.676. The number of amides is 1. The van der Waals surface area contributed by atoms with Gasteiger partial charge in [0.2, 0.25) is 5.91 Å². The molecule has 4 aromatic rings. The summed E-state index contributed by atoms with van der Waals surface area (Å²) in [5.41, 5.74) is 1.63. The highest BCUT2D eigenvalue weighted by Gasteiger charge is 2.26. The first-order valence-electron chi connectivity index (χ1n) is 10.6. The molecule has 0 spiro atoms. The topological polar surface area (TPSA) is 68.5 Å². The van der Waals surface area contributed by atoms with E-state index in [-0.39, 0.29) is 24.2 Å². The maximum atomic E-state index is 13.2. The molecule has 164 valence electrons. The van der Waals surface area contributed by atoms with Crippen molar-refractivity contribution in [2.24, 2.45) is 0 Å². The van der Waals surface area contributed by atoms with Crippen LogP contribution in [0.3, 0.4) is 0 Å². The van der Waals surface area contributed by atoms with Crippen LogP contribution in [0.2, 0.25) is 0 Å². The Bertz CT molecular complexity index is 1180. The lowest BCUT2D eigenvalue weighted by Gasteiger charge is -2.22. The standard InChI is InChI=1S/C24H22FN3O3S/c25-17-9-7-16(8-10-17)20-14-26-22(31-20)11-12-23(29)28(15-18-4-3-13-30-18)24-27-19-5-1-2-6-21(19)32-24/h1-2,5-10,14,18H,3-4,11-13,15H2. The first-order valence-corrected chi connectivity index (χ1v) is 11.5. The number of anilines is 1. The number of nitrogens with zero attached hydrogens (tertiary/aromatic N) is 3. The lowest BCUT2D eigenvalue weighted by molar-refractivity contribution is -0.119. The Hall–Kier alpha value is -3.10. The number of fused-ring (bicyclic) bond motifs is 1. The van der Waals surface area contributed by atoms with E-state index in [1.54, 1.807) is 23.2 Å². The van der Waals surface area contributed by atoms with Crippen molar-refractivity contribution in [2.45, 2.75) is 31.8 Å². The summed E-state index contributed by atoms with van der Waals surface area (Å²) in [6, 6.07) is 13.9. The summed E-state index contributed by atoms with van der Waals surface area (Å²) < 4.78 is 25.8. The third-order valence-corrected chi connectivity index (χ3v) is 6.52. The van der Waals surface area contributed by atoms with Crippen LogP contribution >= 0.6 is 11.3 Å². The van der Waals surface area contributed by atoms with E-state index in [9.17, 15) is 9.18 Å². The van der Waals surface area contributed by atoms with Gasteiger partial charge >= 0.3 is 0 Å². The zero-order valence-electron chi connectivity index (χ0n) is 17.4. The number of aromatic nitrogens is 2. The van der Waals surface area contributed by atoms with E-state index in [2.05, 4.69) is 9.97 Å². The van der Waals surface area contributed by atoms with Crippen molar-refractivity contribution in [3.05, 3.63) is 66.4 Å². The number of halogens is 1. The van der Waals surface area contributed by atoms with Crippen molar-refractivity contribution in [3.63, 3.8) is 0 Å². The van der Waals surface area contributed by atoms with E-state index in [0.717, 1.165) is 35.2 Å². The summed E-state index contributed by atoms with van der Waals surface area (Å²) in [6.45, 7) is 1.22. The average molecular weight is 452 g/mol. The number of oxazole rings is 1. The molecule has 0 saturated carbocycles. The number of para-hydroxylation sites is 1. The fourth-order valence-electron chi connectivity index (χ4n) is 3.78. The second-order valence-corrected chi connectivity index (χ2v) is 8.74. The van der Waals surface area contributed by atoms with E-state index >= 15 is 0 Å². The van der Waals surface area contributed by atoms with Gasteiger partial charge in [0, 0.05) is 25.0 Å². The van der Waals surface area contributed by atoms with Crippen molar-refractivity contribution in [3.8, 4) is 11.3 Å². The van der Waals surface area contributed by atoms with E-state index in [0.29, 0.717) is 29.7 Å². The van der Waals surface area contributed by atoms with Crippen molar-refractivity contribution in [1.82, 2.24) is 9.97 Å². The van der Waals surface area contributed by atoms with Gasteiger partial charge in [0.1, 0.15) is 5.82 Å². The van der Waals surface area contributed by atoms with Crippen molar-refractivity contribution in [2.75, 3.05) is 18.1 Å². The molecule has 5 rings (SSSR count). The first-order chi connectivity index (χ1) is 15.7. The highest BCUT2D eigenvalue weighted by Crippen LogP contribution is 2.30. The Kier molecular flexibility index (Phi) is 5.96. The largest absolute Gasteiger partial charge is 0.441 e. The predicted molar refractivity (Wildman–Crippen MR) is 121 cm³/mol. The minimum atomic E-state index is -0.305. The molecule has 2 aromatic carbocycles.